The first-order valence-electron chi connectivity index (χ1n) is 13.0. The molecule has 0 aliphatic carbocycles. The number of Topliss-reactive ketones (excluding diaryl/α,β-unsaturated/α-hetero) is 1. The first kappa shape index (κ1) is 32.2. The molecule has 2 aromatic carbocycles. The van der Waals surface area contributed by atoms with Gasteiger partial charge in [0, 0.05) is 41.9 Å². The van der Waals surface area contributed by atoms with Crippen LogP contribution < -0.4 is 10.6 Å². The molecule has 44 heavy (non-hydrogen) atoms. The third-order valence-electron chi connectivity index (χ3n) is 6.40. The Morgan fingerprint density at radius 3 is 2.36 bits per heavy atom. The van der Waals surface area contributed by atoms with Crippen LogP contribution in [-0.2, 0) is 23.9 Å². The Kier molecular flexibility index (Phi) is 9.72. The Labute approximate surface area is 252 Å². The summed E-state index contributed by atoms with van der Waals surface area (Å²) in [5.74, 6) is -5.50. The molecule has 4 rings (SSSR count). The Balaban J connectivity index is 1.79. The summed E-state index contributed by atoms with van der Waals surface area (Å²) in [5, 5.41) is 5.08. The number of benzene rings is 2. The van der Waals surface area contributed by atoms with E-state index in [1.165, 1.54) is 30.0 Å². The summed E-state index contributed by atoms with van der Waals surface area (Å²) in [6.45, 7) is 2.42. The van der Waals surface area contributed by atoms with E-state index in [1.807, 2.05) is 0 Å². The van der Waals surface area contributed by atoms with Crippen molar-refractivity contribution in [2.24, 2.45) is 0 Å². The average molecular weight is 635 g/mol. The highest BCUT2D eigenvalue weighted by molar-refractivity contribution is 6.31. The van der Waals surface area contributed by atoms with Crippen molar-refractivity contribution in [3.8, 4) is 0 Å². The zero-order chi connectivity index (χ0) is 32.2. The number of carbonyl (C=O) groups excluding carboxylic acids is 3. The molecule has 2 amide bonds. The van der Waals surface area contributed by atoms with Crippen LogP contribution in [0.1, 0.15) is 63.4 Å². The fourth-order valence-corrected chi connectivity index (χ4v) is 4.72. The van der Waals surface area contributed by atoms with Crippen LogP contribution in [0.15, 0.2) is 54.9 Å². The molecule has 0 unspecified atom stereocenters. The predicted molar refractivity (Wildman–Crippen MR) is 149 cm³/mol. The SMILES string of the molecule is CC(=O)Cn1c(C(=O)NCCc2ncccn2)nc(NC(=O)c2cc(F)cc(C(F)(F)F)c2)c1[C@@H](C)c1cc(F)ccc1Cl. The molecule has 15 heteroatoms. The van der Waals surface area contributed by atoms with E-state index in [0.29, 0.717) is 18.0 Å². The summed E-state index contributed by atoms with van der Waals surface area (Å²) in [5.41, 5.74) is -1.86. The number of ketones is 1. The normalized spacial score (nSPS) is 12.1. The standard InChI is InChI=1S/C29H24ClF5N6O3/c1-15(42)14-41-24(16(2)21-13-19(31)4-5-22(21)30)25(39-26(41)28(44)38-9-6-23-36-7-3-8-37-23)40-27(43)17-10-18(29(33,34)35)12-20(32)11-17/h3-5,7-8,10-13,16H,6,9,14H2,1-2H3,(H,38,44)(H,40,43)/t16-/m0/s1. The predicted octanol–water partition coefficient (Wildman–Crippen LogP) is 5.59. The number of carbonyl (C=O) groups is 3. The second-order valence-corrected chi connectivity index (χ2v) is 10.1. The molecule has 0 aliphatic rings. The molecule has 0 saturated carbocycles. The zero-order valence-electron chi connectivity index (χ0n) is 23.2. The molecular weight excluding hydrogens is 611 g/mol. The van der Waals surface area contributed by atoms with Gasteiger partial charge >= 0.3 is 6.18 Å². The maximum Gasteiger partial charge on any atom is 0.416 e. The summed E-state index contributed by atoms with van der Waals surface area (Å²) in [4.78, 5) is 51.2. The fourth-order valence-electron chi connectivity index (χ4n) is 4.44. The second-order valence-electron chi connectivity index (χ2n) is 9.70. The van der Waals surface area contributed by atoms with Crippen LogP contribution in [0, 0.1) is 11.6 Å². The Morgan fingerprint density at radius 2 is 1.70 bits per heavy atom. The molecule has 1 atom stereocenters. The Bertz CT molecular complexity index is 1710. The summed E-state index contributed by atoms with van der Waals surface area (Å²) in [6.07, 6.45) is -1.64. The minimum Gasteiger partial charge on any atom is -0.349 e. The lowest BCUT2D eigenvalue weighted by Crippen LogP contribution is -2.30. The number of anilines is 1. The smallest absolute Gasteiger partial charge is 0.349 e. The van der Waals surface area contributed by atoms with Crippen molar-refractivity contribution in [3.63, 3.8) is 0 Å². The highest BCUT2D eigenvalue weighted by atomic mass is 35.5. The van der Waals surface area contributed by atoms with Crippen molar-refractivity contribution < 1.29 is 36.3 Å². The fraction of sp³-hybridized carbons (Fsp3) is 0.241. The minimum absolute atomic E-state index is 0.0186. The van der Waals surface area contributed by atoms with Crippen molar-refractivity contribution >= 4 is 35.0 Å². The first-order valence-corrected chi connectivity index (χ1v) is 13.4. The van der Waals surface area contributed by atoms with Gasteiger partial charge < -0.3 is 15.2 Å². The maximum absolute atomic E-state index is 14.2. The van der Waals surface area contributed by atoms with Gasteiger partial charge in [-0.2, -0.15) is 13.2 Å². The molecule has 2 N–H and O–H groups in total. The Morgan fingerprint density at radius 1 is 1.00 bits per heavy atom. The molecule has 0 radical (unpaired) electrons. The second kappa shape index (κ2) is 13.3. The van der Waals surface area contributed by atoms with Crippen LogP contribution >= 0.6 is 11.6 Å². The highest BCUT2D eigenvalue weighted by Crippen LogP contribution is 2.36. The molecule has 9 nitrogen and oxygen atoms in total. The van der Waals surface area contributed by atoms with Gasteiger partial charge in [-0.25, -0.2) is 23.7 Å². The summed E-state index contributed by atoms with van der Waals surface area (Å²) >= 11 is 6.34. The van der Waals surface area contributed by atoms with Gasteiger partial charge in [0.2, 0.25) is 5.82 Å². The van der Waals surface area contributed by atoms with E-state index in [9.17, 15) is 36.3 Å². The molecule has 4 aromatic rings. The van der Waals surface area contributed by atoms with Crippen LogP contribution in [0.4, 0.5) is 27.8 Å². The van der Waals surface area contributed by atoms with Crippen LogP contribution in [0.3, 0.4) is 0 Å². The van der Waals surface area contributed by atoms with E-state index in [1.54, 1.807) is 13.0 Å². The monoisotopic (exact) mass is 634 g/mol. The zero-order valence-corrected chi connectivity index (χ0v) is 23.9. The average Bonchev–Trinajstić information content (AvgIpc) is 3.30. The van der Waals surface area contributed by atoms with Gasteiger partial charge in [-0.1, -0.05) is 18.5 Å². The van der Waals surface area contributed by atoms with E-state index in [-0.39, 0.29) is 47.0 Å². The topological polar surface area (TPSA) is 119 Å². The summed E-state index contributed by atoms with van der Waals surface area (Å²) in [7, 11) is 0. The number of halogens is 6. The number of aromatic nitrogens is 4. The minimum atomic E-state index is -4.94. The van der Waals surface area contributed by atoms with E-state index in [2.05, 4.69) is 25.6 Å². The highest BCUT2D eigenvalue weighted by Gasteiger charge is 2.33. The first-order chi connectivity index (χ1) is 20.7. The molecular formula is C29H24ClF5N6O3. The van der Waals surface area contributed by atoms with Gasteiger partial charge in [0.25, 0.3) is 11.8 Å². The lowest BCUT2D eigenvalue weighted by molar-refractivity contribution is -0.137. The third-order valence-corrected chi connectivity index (χ3v) is 6.74. The van der Waals surface area contributed by atoms with E-state index >= 15 is 0 Å². The number of amides is 2. The lowest BCUT2D eigenvalue weighted by Gasteiger charge is -2.19. The van der Waals surface area contributed by atoms with E-state index in [4.69, 9.17) is 11.6 Å². The third kappa shape index (κ3) is 7.61. The van der Waals surface area contributed by atoms with Crippen LogP contribution in [0.25, 0.3) is 0 Å². The van der Waals surface area contributed by atoms with Crippen molar-refractivity contribution in [2.75, 3.05) is 11.9 Å². The van der Waals surface area contributed by atoms with Crippen molar-refractivity contribution in [3.05, 3.63) is 106 Å². The number of hydrogen-bond acceptors (Lipinski definition) is 6. The number of hydrogen-bond donors (Lipinski definition) is 2. The van der Waals surface area contributed by atoms with Gasteiger partial charge in [-0.3, -0.25) is 14.4 Å². The summed E-state index contributed by atoms with van der Waals surface area (Å²) < 4.78 is 69.4. The van der Waals surface area contributed by atoms with Crippen molar-refractivity contribution in [2.45, 2.75) is 38.9 Å². The molecule has 0 spiro atoms. The van der Waals surface area contributed by atoms with Crippen LogP contribution in [-0.4, -0.2) is 43.7 Å². The van der Waals surface area contributed by atoms with Crippen molar-refractivity contribution in [1.82, 2.24) is 24.8 Å². The van der Waals surface area contributed by atoms with Crippen molar-refractivity contribution in [1.29, 1.82) is 0 Å². The number of alkyl halides is 3. The van der Waals surface area contributed by atoms with Crippen LogP contribution in [0.2, 0.25) is 5.02 Å². The van der Waals surface area contributed by atoms with Crippen LogP contribution in [0.5, 0.6) is 0 Å². The molecule has 230 valence electrons. The Hall–Kier alpha value is -4.72. The number of nitrogens with one attached hydrogen (secondary N) is 2. The quantitative estimate of drug-likeness (QED) is 0.220. The summed E-state index contributed by atoms with van der Waals surface area (Å²) in [6, 6.07) is 6.44. The van der Waals surface area contributed by atoms with E-state index < -0.39 is 59.0 Å². The lowest BCUT2D eigenvalue weighted by atomic mass is 9.96. The molecule has 0 bridgehead atoms. The number of rotatable bonds is 10. The molecule has 0 fully saturated rings. The maximum atomic E-state index is 14.2. The number of nitrogens with zero attached hydrogens (tertiary/aromatic N) is 4. The van der Waals surface area contributed by atoms with Gasteiger partial charge in [0.05, 0.1) is 17.8 Å². The van der Waals surface area contributed by atoms with Gasteiger partial charge in [0.15, 0.2) is 5.82 Å². The van der Waals surface area contributed by atoms with Gasteiger partial charge in [-0.05, 0) is 55.0 Å². The molecule has 0 saturated heterocycles. The molecule has 0 aliphatic heterocycles. The largest absolute Gasteiger partial charge is 0.416 e. The van der Waals surface area contributed by atoms with E-state index in [0.717, 1.165) is 12.1 Å². The molecule has 2 aromatic heterocycles. The van der Waals surface area contributed by atoms with Gasteiger partial charge in [-0.15, -0.1) is 0 Å². The molecule has 2 heterocycles. The van der Waals surface area contributed by atoms with Gasteiger partial charge in [0.1, 0.15) is 23.2 Å². The number of imidazole rings is 1.